The molecule has 0 amide bonds. The van der Waals surface area contributed by atoms with Crippen molar-refractivity contribution in [2.45, 2.75) is 11.8 Å². The molecule has 0 aliphatic rings. The number of sulfone groups is 1. The molecule has 2 nitrogen and oxygen atoms in total. The van der Waals surface area contributed by atoms with E-state index in [2.05, 4.69) is 0 Å². The Morgan fingerprint density at radius 2 is 1.86 bits per heavy atom. The van der Waals surface area contributed by atoms with Crippen LogP contribution in [0.25, 0.3) is 0 Å². The summed E-state index contributed by atoms with van der Waals surface area (Å²) in [4.78, 5) is 0.221. The second kappa shape index (κ2) is 4.34. The van der Waals surface area contributed by atoms with Crippen molar-refractivity contribution in [2.75, 3.05) is 0 Å². The van der Waals surface area contributed by atoms with Gasteiger partial charge in [0.2, 0.25) is 9.84 Å². The lowest BCUT2D eigenvalue weighted by molar-refractivity contribution is 0.604. The maximum absolute atomic E-state index is 11.6. The number of aryl methyl sites for hydroxylation is 1. The third kappa shape index (κ3) is 2.74. The van der Waals surface area contributed by atoms with Crippen molar-refractivity contribution in [1.82, 2.24) is 0 Å². The van der Waals surface area contributed by atoms with Crippen LogP contribution in [-0.2, 0) is 9.84 Å². The minimum Gasteiger partial charge on any atom is -0.219 e. The molecule has 1 aromatic carbocycles. The van der Waals surface area contributed by atoms with Crippen molar-refractivity contribution in [2.24, 2.45) is 0 Å². The van der Waals surface area contributed by atoms with Gasteiger partial charge in [0.25, 0.3) is 0 Å². The molecule has 0 unspecified atom stereocenters. The number of halogens is 2. The molecule has 0 aromatic heterocycles. The van der Waals surface area contributed by atoms with Gasteiger partial charge >= 0.3 is 0 Å². The summed E-state index contributed by atoms with van der Waals surface area (Å²) in [5.74, 6) is 0. The van der Waals surface area contributed by atoms with Gasteiger partial charge < -0.3 is 0 Å². The van der Waals surface area contributed by atoms with E-state index in [9.17, 15) is 8.42 Å². The largest absolute Gasteiger partial charge is 0.219 e. The SMILES string of the molecule is Cc1ccccc1S(=O)(=O)C=C(Cl)Cl. The van der Waals surface area contributed by atoms with Gasteiger partial charge in [0.1, 0.15) is 4.49 Å². The number of benzene rings is 1. The molecule has 0 atom stereocenters. The molecule has 0 saturated heterocycles. The van der Waals surface area contributed by atoms with E-state index in [0.717, 1.165) is 5.41 Å². The molecule has 0 heterocycles. The summed E-state index contributed by atoms with van der Waals surface area (Å²) >= 11 is 10.6. The summed E-state index contributed by atoms with van der Waals surface area (Å²) in [5.41, 5.74) is 0.665. The fourth-order valence-electron chi connectivity index (χ4n) is 1.06. The Morgan fingerprint density at radius 3 is 2.36 bits per heavy atom. The quantitative estimate of drug-likeness (QED) is 0.809. The van der Waals surface area contributed by atoms with Crippen LogP contribution < -0.4 is 0 Å². The second-order valence-electron chi connectivity index (χ2n) is 2.72. The lowest BCUT2D eigenvalue weighted by Gasteiger charge is -2.02. The zero-order valence-electron chi connectivity index (χ0n) is 7.37. The van der Waals surface area contributed by atoms with Crippen molar-refractivity contribution >= 4 is 33.0 Å². The monoisotopic (exact) mass is 250 g/mol. The number of rotatable bonds is 2. The van der Waals surface area contributed by atoms with E-state index in [4.69, 9.17) is 23.2 Å². The van der Waals surface area contributed by atoms with Crippen molar-refractivity contribution < 1.29 is 8.42 Å². The van der Waals surface area contributed by atoms with E-state index in [1.165, 1.54) is 6.07 Å². The normalized spacial score (nSPS) is 11.1. The first-order valence-electron chi connectivity index (χ1n) is 3.77. The molecule has 14 heavy (non-hydrogen) atoms. The highest BCUT2D eigenvalue weighted by molar-refractivity contribution is 7.94. The minimum absolute atomic E-state index is 0.221. The third-order valence-corrected chi connectivity index (χ3v) is 3.74. The topological polar surface area (TPSA) is 34.1 Å². The summed E-state index contributed by atoms with van der Waals surface area (Å²) in [7, 11) is -3.52. The molecule has 0 saturated carbocycles. The van der Waals surface area contributed by atoms with E-state index in [0.29, 0.717) is 5.56 Å². The van der Waals surface area contributed by atoms with Gasteiger partial charge in [0.15, 0.2) is 0 Å². The molecule has 0 N–H and O–H groups in total. The molecule has 0 radical (unpaired) electrons. The van der Waals surface area contributed by atoms with Crippen LogP contribution in [0.3, 0.4) is 0 Å². The molecule has 0 bridgehead atoms. The smallest absolute Gasteiger partial charge is 0.202 e. The van der Waals surface area contributed by atoms with Gasteiger partial charge in [-0.05, 0) is 18.6 Å². The number of hydrogen-bond acceptors (Lipinski definition) is 2. The molecule has 1 aromatic rings. The highest BCUT2D eigenvalue weighted by Crippen LogP contribution is 2.20. The van der Waals surface area contributed by atoms with Crippen LogP contribution >= 0.6 is 23.2 Å². The van der Waals surface area contributed by atoms with Crippen LogP contribution in [0.1, 0.15) is 5.56 Å². The van der Waals surface area contributed by atoms with E-state index >= 15 is 0 Å². The van der Waals surface area contributed by atoms with Crippen LogP contribution in [-0.4, -0.2) is 8.42 Å². The highest BCUT2D eigenvalue weighted by atomic mass is 35.5. The van der Waals surface area contributed by atoms with Crippen LogP contribution in [0.4, 0.5) is 0 Å². The fourth-order valence-corrected chi connectivity index (χ4v) is 2.91. The van der Waals surface area contributed by atoms with Crippen LogP contribution in [0, 0.1) is 6.92 Å². The Kier molecular flexibility index (Phi) is 3.59. The molecular weight excluding hydrogens is 243 g/mol. The van der Waals surface area contributed by atoms with Crippen molar-refractivity contribution in [1.29, 1.82) is 0 Å². The number of hydrogen-bond donors (Lipinski definition) is 0. The molecule has 5 heteroatoms. The van der Waals surface area contributed by atoms with Gasteiger partial charge in [-0.15, -0.1) is 0 Å². The molecule has 0 aliphatic carbocycles. The Morgan fingerprint density at radius 1 is 1.29 bits per heavy atom. The Bertz CT molecular complexity index is 459. The van der Waals surface area contributed by atoms with Gasteiger partial charge in [0, 0.05) is 0 Å². The Balaban J connectivity index is 3.32. The van der Waals surface area contributed by atoms with Crippen molar-refractivity contribution in [3.05, 3.63) is 39.7 Å². The lowest BCUT2D eigenvalue weighted by Crippen LogP contribution is -1.98. The summed E-state index contributed by atoms with van der Waals surface area (Å²) in [6.07, 6.45) is 0. The highest BCUT2D eigenvalue weighted by Gasteiger charge is 2.13. The average Bonchev–Trinajstić information content (AvgIpc) is 2.02. The summed E-state index contributed by atoms with van der Waals surface area (Å²) in [6.45, 7) is 1.71. The van der Waals surface area contributed by atoms with Gasteiger partial charge in [-0.2, -0.15) is 0 Å². The molecule has 1 rings (SSSR count). The zero-order chi connectivity index (χ0) is 10.8. The first-order chi connectivity index (χ1) is 6.43. The Labute approximate surface area is 93.1 Å². The van der Waals surface area contributed by atoms with E-state index in [1.807, 2.05) is 0 Å². The predicted octanol–water partition coefficient (Wildman–Crippen LogP) is 3.05. The zero-order valence-corrected chi connectivity index (χ0v) is 9.70. The van der Waals surface area contributed by atoms with Crippen LogP contribution in [0.5, 0.6) is 0 Å². The third-order valence-electron chi connectivity index (χ3n) is 1.64. The summed E-state index contributed by atoms with van der Waals surface area (Å²) < 4.78 is 23.0. The molecular formula is C9H8Cl2O2S. The van der Waals surface area contributed by atoms with Gasteiger partial charge in [0.05, 0.1) is 10.3 Å². The van der Waals surface area contributed by atoms with Gasteiger partial charge in [-0.1, -0.05) is 41.4 Å². The van der Waals surface area contributed by atoms with Crippen molar-refractivity contribution in [3.8, 4) is 0 Å². The first kappa shape index (κ1) is 11.6. The lowest BCUT2D eigenvalue weighted by atomic mass is 10.2. The molecule has 0 spiro atoms. The molecule has 0 fully saturated rings. The molecule has 0 aliphatic heterocycles. The van der Waals surface area contributed by atoms with Crippen molar-refractivity contribution in [3.63, 3.8) is 0 Å². The average molecular weight is 251 g/mol. The van der Waals surface area contributed by atoms with E-state index in [1.54, 1.807) is 25.1 Å². The molecule has 76 valence electrons. The van der Waals surface area contributed by atoms with Crippen LogP contribution in [0.15, 0.2) is 39.1 Å². The van der Waals surface area contributed by atoms with Gasteiger partial charge in [-0.3, -0.25) is 0 Å². The van der Waals surface area contributed by atoms with E-state index in [-0.39, 0.29) is 9.39 Å². The summed E-state index contributed by atoms with van der Waals surface area (Å²) in [5, 5.41) is 0.832. The van der Waals surface area contributed by atoms with E-state index < -0.39 is 9.84 Å². The summed E-state index contributed by atoms with van der Waals surface area (Å²) in [6, 6.07) is 6.64. The second-order valence-corrected chi connectivity index (χ2v) is 5.49. The Hall–Kier alpha value is -0.510. The first-order valence-corrected chi connectivity index (χ1v) is 6.07. The fraction of sp³-hybridized carbons (Fsp3) is 0.111. The van der Waals surface area contributed by atoms with Crippen LogP contribution in [0.2, 0.25) is 0 Å². The maximum atomic E-state index is 11.6. The maximum Gasteiger partial charge on any atom is 0.202 e. The minimum atomic E-state index is -3.52. The standard InChI is InChI=1S/C9H8Cl2O2S/c1-7-4-2-3-5-8(7)14(12,13)6-9(10)11/h2-6H,1H3. The predicted molar refractivity (Wildman–Crippen MR) is 58.2 cm³/mol. The van der Waals surface area contributed by atoms with Gasteiger partial charge in [-0.25, -0.2) is 8.42 Å².